The van der Waals surface area contributed by atoms with Crippen LogP contribution >= 0.6 is 0 Å². The van der Waals surface area contributed by atoms with Crippen molar-refractivity contribution in [2.45, 2.75) is 24.7 Å². The summed E-state index contributed by atoms with van der Waals surface area (Å²) in [7, 11) is -2.77. The molecule has 38 heavy (non-hydrogen) atoms. The minimum Gasteiger partial charge on any atom is -0.465 e. The summed E-state index contributed by atoms with van der Waals surface area (Å²) in [4.78, 5) is 47.8. The molecule has 3 aromatic rings. The second-order valence-corrected chi connectivity index (χ2v) is 9.62. The van der Waals surface area contributed by atoms with Crippen LogP contribution in [0.4, 0.5) is 5.69 Å². The van der Waals surface area contributed by atoms with Gasteiger partial charge in [-0.2, -0.15) is 8.42 Å². The maximum atomic E-state index is 12.4. The number of esters is 2. The summed E-state index contributed by atoms with van der Waals surface area (Å²) in [5.74, 6) is -2.18. The molecule has 0 fully saturated rings. The summed E-state index contributed by atoms with van der Waals surface area (Å²) >= 11 is 0. The van der Waals surface area contributed by atoms with Crippen molar-refractivity contribution in [1.82, 2.24) is 0 Å². The van der Waals surface area contributed by atoms with Crippen LogP contribution in [0.5, 0.6) is 5.75 Å². The zero-order valence-electron chi connectivity index (χ0n) is 20.6. The van der Waals surface area contributed by atoms with Gasteiger partial charge in [0.1, 0.15) is 10.6 Å². The van der Waals surface area contributed by atoms with Gasteiger partial charge in [-0.3, -0.25) is 14.4 Å². The number of rotatable bonds is 11. The Morgan fingerprint density at radius 3 is 2.00 bits per heavy atom. The van der Waals surface area contributed by atoms with Crippen molar-refractivity contribution >= 4 is 39.4 Å². The second-order valence-electron chi connectivity index (χ2n) is 8.08. The van der Waals surface area contributed by atoms with Gasteiger partial charge < -0.3 is 19.0 Å². The predicted molar refractivity (Wildman–Crippen MR) is 136 cm³/mol. The number of carbonyl (C=O) groups excluding carboxylic acids is 4. The first-order valence-electron chi connectivity index (χ1n) is 11.4. The lowest BCUT2D eigenvalue weighted by molar-refractivity contribution is -0.143. The number of anilines is 1. The van der Waals surface area contributed by atoms with Gasteiger partial charge in [0.05, 0.1) is 19.1 Å². The molecule has 0 spiro atoms. The number of ether oxygens (including phenoxy) is 2. The van der Waals surface area contributed by atoms with E-state index in [9.17, 15) is 27.6 Å². The van der Waals surface area contributed by atoms with Gasteiger partial charge in [-0.05, 0) is 67.6 Å². The van der Waals surface area contributed by atoms with Crippen molar-refractivity contribution in [3.63, 3.8) is 0 Å². The minimum absolute atomic E-state index is 0.000294. The fourth-order valence-electron chi connectivity index (χ4n) is 3.12. The quantitative estimate of drug-likeness (QED) is 0.219. The van der Waals surface area contributed by atoms with E-state index in [1.807, 2.05) is 6.92 Å². The van der Waals surface area contributed by atoms with Gasteiger partial charge in [0, 0.05) is 17.7 Å². The molecule has 11 heteroatoms. The number of ketones is 1. The van der Waals surface area contributed by atoms with Crippen molar-refractivity contribution < 1.29 is 41.3 Å². The predicted octanol–water partition coefficient (Wildman–Crippen LogP) is 3.69. The van der Waals surface area contributed by atoms with E-state index in [2.05, 4.69) is 10.1 Å². The molecule has 0 saturated carbocycles. The van der Waals surface area contributed by atoms with E-state index in [0.29, 0.717) is 11.3 Å². The lowest BCUT2D eigenvalue weighted by Gasteiger charge is -2.08. The maximum Gasteiger partial charge on any atom is 0.339 e. The molecule has 0 bridgehead atoms. The smallest absolute Gasteiger partial charge is 0.339 e. The zero-order chi connectivity index (χ0) is 27.7. The average molecular weight is 540 g/mol. The van der Waals surface area contributed by atoms with Crippen LogP contribution in [-0.2, 0) is 29.2 Å². The Morgan fingerprint density at radius 2 is 1.39 bits per heavy atom. The van der Waals surface area contributed by atoms with Gasteiger partial charge in [0.25, 0.3) is 0 Å². The molecule has 1 N–H and O–H groups in total. The Kier molecular flexibility index (Phi) is 9.33. The fraction of sp³-hybridized carbons (Fsp3) is 0.185. The first-order valence-corrected chi connectivity index (χ1v) is 12.8. The Labute approximate surface area is 219 Å². The van der Waals surface area contributed by atoms with Crippen LogP contribution in [-0.4, -0.2) is 45.8 Å². The number of aryl methyl sites for hydroxylation is 1. The maximum absolute atomic E-state index is 12.4. The molecule has 1 amide bonds. The summed E-state index contributed by atoms with van der Waals surface area (Å²) in [6.07, 6.45) is -0.420. The molecule has 198 valence electrons. The SMILES string of the molecule is COC(=O)c1ccc(NC(=O)CCC(=O)OCC(=O)c2ccc(OS(=O)(=O)c3ccc(C)cc3)cc2)cc1. The topological polar surface area (TPSA) is 142 Å². The monoisotopic (exact) mass is 539 g/mol. The second kappa shape index (κ2) is 12.6. The highest BCUT2D eigenvalue weighted by molar-refractivity contribution is 7.87. The van der Waals surface area contributed by atoms with Crippen LogP contribution in [0.2, 0.25) is 0 Å². The Hall–Kier alpha value is -4.51. The summed E-state index contributed by atoms with van der Waals surface area (Å²) in [5, 5.41) is 2.59. The molecule has 3 aromatic carbocycles. The normalized spacial score (nSPS) is 10.8. The number of nitrogens with one attached hydrogen (secondary N) is 1. The summed E-state index contributed by atoms with van der Waals surface area (Å²) < 4.78 is 39.4. The number of Topliss-reactive ketones (excluding diaryl/α,β-unsaturated/α-hetero) is 1. The van der Waals surface area contributed by atoms with Gasteiger partial charge in [-0.1, -0.05) is 17.7 Å². The standard InChI is InChI=1S/C27H25NO9S/c1-18-3-13-23(14-4-18)38(33,34)37-22-11-7-19(8-12-22)24(29)17-36-26(31)16-15-25(30)28-21-9-5-20(6-10-21)27(32)35-2/h3-14H,15-17H2,1-2H3,(H,28,30). The number of amides is 1. The van der Waals surface area contributed by atoms with Crippen LogP contribution in [0.1, 0.15) is 39.1 Å². The van der Waals surface area contributed by atoms with Crippen molar-refractivity contribution in [1.29, 1.82) is 0 Å². The number of hydrogen-bond acceptors (Lipinski definition) is 9. The first-order chi connectivity index (χ1) is 18.1. The number of hydrogen-bond donors (Lipinski definition) is 1. The molecule has 0 aliphatic heterocycles. The zero-order valence-corrected chi connectivity index (χ0v) is 21.4. The van der Waals surface area contributed by atoms with Crippen molar-refractivity contribution in [2.24, 2.45) is 0 Å². The third-order valence-electron chi connectivity index (χ3n) is 5.20. The van der Waals surface area contributed by atoms with Crippen molar-refractivity contribution in [3.8, 4) is 5.75 Å². The average Bonchev–Trinajstić information content (AvgIpc) is 2.91. The van der Waals surface area contributed by atoms with Gasteiger partial charge in [0.2, 0.25) is 5.91 Å². The molecule has 0 unspecified atom stereocenters. The molecule has 0 aromatic heterocycles. The highest BCUT2D eigenvalue weighted by Crippen LogP contribution is 2.20. The van der Waals surface area contributed by atoms with Crippen LogP contribution in [0.15, 0.2) is 77.7 Å². The van der Waals surface area contributed by atoms with Gasteiger partial charge in [0.15, 0.2) is 12.4 Å². The van der Waals surface area contributed by atoms with Gasteiger partial charge in [-0.25, -0.2) is 4.79 Å². The lowest BCUT2D eigenvalue weighted by atomic mass is 10.1. The molecular weight excluding hydrogens is 514 g/mol. The van der Waals surface area contributed by atoms with Crippen LogP contribution in [0.3, 0.4) is 0 Å². The molecule has 0 aliphatic carbocycles. The van der Waals surface area contributed by atoms with E-state index in [-0.39, 0.29) is 29.1 Å². The first kappa shape index (κ1) is 28.1. The van der Waals surface area contributed by atoms with E-state index >= 15 is 0 Å². The van der Waals surface area contributed by atoms with Crippen LogP contribution in [0.25, 0.3) is 0 Å². The molecule has 0 atom stereocenters. The van der Waals surface area contributed by atoms with Crippen molar-refractivity contribution in [3.05, 3.63) is 89.5 Å². The summed E-state index contributed by atoms with van der Waals surface area (Å²) in [6, 6.07) is 17.6. The molecule has 0 saturated heterocycles. The highest BCUT2D eigenvalue weighted by atomic mass is 32.2. The molecule has 10 nitrogen and oxygen atoms in total. The van der Waals surface area contributed by atoms with E-state index < -0.39 is 40.4 Å². The Bertz CT molecular complexity index is 1410. The third kappa shape index (κ3) is 8.00. The minimum atomic E-state index is -4.03. The molecule has 3 rings (SSSR count). The van der Waals surface area contributed by atoms with E-state index in [1.54, 1.807) is 12.1 Å². The Morgan fingerprint density at radius 1 is 0.789 bits per heavy atom. The third-order valence-corrected chi connectivity index (χ3v) is 6.46. The molecular formula is C27H25NO9S. The summed E-state index contributed by atoms with van der Waals surface area (Å²) in [6.45, 7) is 1.29. The Balaban J connectivity index is 1.43. The largest absolute Gasteiger partial charge is 0.465 e. The van der Waals surface area contributed by atoms with Crippen molar-refractivity contribution in [2.75, 3.05) is 19.0 Å². The van der Waals surface area contributed by atoms with Gasteiger partial charge >= 0.3 is 22.1 Å². The highest BCUT2D eigenvalue weighted by Gasteiger charge is 2.17. The van der Waals surface area contributed by atoms with Gasteiger partial charge in [-0.15, -0.1) is 0 Å². The molecule has 0 radical (unpaired) electrons. The fourth-order valence-corrected chi connectivity index (χ4v) is 4.05. The number of carbonyl (C=O) groups is 4. The van der Waals surface area contributed by atoms with Crippen LogP contribution < -0.4 is 9.50 Å². The van der Waals surface area contributed by atoms with E-state index in [1.165, 1.54) is 67.8 Å². The van der Waals surface area contributed by atoms with E-state index in [4.69, 9.17) is 8.92 Å². The number of methoxy groups -OCH3 is 1. The van der Waals surface area contributed by atoms with E-state index in [0.717, 1.165) is 5.56 Å². The molecule has 0 heterocycles. The van der Waals surface area contributed by atoms with Crippen LogP contribution in [0, 0.1) is 6.92 Å². The molecule has 0 aliphatic rings. The lowest BCUT2D eigenvalue weighted by Crippen LogP contribution is -2.17. The summed E-state index contributed by atoms with van der Waals surface area (Å²) in [5.41, 5.74) is 1.85. The number of benzene rings is 3.